The van der Waals surface area contributed by atoms with Crippen molar-refractivity contribution in [1.82, 2.24) is 0 Å². The molecule has 2 nitrogen and oxygen atoms in total. The van der Waals surface area contributed by atoms with Gasteiger partial charge in [0.05, 0.1) is 20.7 Å². The van der Waals surface area contributed by atoms with Gasteiger partial charge in [0.1, 0.15) is 0 Å². The van der Waals surface area contributed by atoms with E-state index in [9.17, 15) is 9.00 Å². The fourth-order valence-corrected chi connectivity index (χ4v) is 3.65. The fourth-order valence-electron chi connectivity index (χ4n) is 1.74. The minimum Gasteiger partial charge on any atom is -0.294 e. The Balaban J connectivity index is 2.70. The quantitative estimate of drug-likeness (QED) is 0.701. The fraction of sp³-hybridized carbons (Fsp3) is 0.364. The molecule has 1 aliphatic heterocycles. The Bertz CT molecular complexity index is 456. The molecule has 4 heteroatoms. The van der Waals surface area contributed by atoms with Gasteiger partial charge in [-0.3, -0.25) is 9.00 Å². The van der Waals surface area contributed by atoms with Gasteiger partial charge in [0.25, 0.3) is 0 Å². The molecular weight excluding hydrogens is 232 g/mol. The van der Waals surface area contributed by atoms with E-state index in [0.29, 0.717) is 15.5 Å². The molecule has 1 aromatic rings. The smallest absolute Gasteiger partial charge is 0.168 e. The number of ketones is 1. The molecule has 80 valence electrons. The first-order valence-corrected chi connectivity index (χ1v) is 6.36. The third-order valence-electron chi connectivity index (χ3n) is 2.89. The summed E-state index contributed by atoms with van der Waals surface area (Å²) < 4.78 is 12.1. The number of Topliss-reactive ketones (excluding diaryl/α,β-unsaturated/α-hetero) is 1. The molecule has 15 heavy (non-hydrogen) atoms. The number of carbonyl (C=O) groups is 1. The van der Waals surface area contributed by atoms with Gasteiger partial charge in [-0.1, -0.05) is 30.7 Å². The highest BCUT2D eigenvalue weighted by Gasteiger charge is 2.36. The van der Waals surface area contributed by atoms with Gasteiger partial charge in [-0.15, -0.1) is 0 Å². The molecule has 1 aromatic carbocycles. The van der Waals surface area contributed by atoms with Crippen LogP contribution < -0.4 is 0 Å². The standard InChI is InChI=1S/C11H11ClO2S/c1-6-7(2)15(14)11-8(10(6)13)4-3-5-9(11)12/h3-7H,1-2H3. The number of rotatable bonds is 0. The number of benzene rings is 1. The van der Waals surface area contributed by atoms with Crippen LogP contribution in [0.15, 0.2) is 23.1 Å². The average molecular weight is 243 g/mol. The van der Waals surface area contributed by atoms with E-state index in [1.165, 1.54) is 0 Å². The monoisotopic (exact) mass is 242 g/mol. The summed E-state index contributed by atoms with van der Waals surface area (Å²) >= 11 is 5.97. The minimum atomic E-state index is -1.18. The highest BCUT2D eigenvalue weighted by Crippen LogP contribution is 2.34. The number of hydrogen-bond acceptors (Lipinski definition) is 2. The first kappa shape index (κ1) is 10.8. The van der Waals surface area contributed by atoms with Crippen LogP contribution in [-0.4, -0.2) is 15.2 Å². The molecule has 1 aliphatic rings. The van der Waals surface area contributed by atoms with Crippen LogP contribution in [0.25, 0.3) is 0 Å². The van der Waals surface area contributed by atoms with E-state index >= 15 is 0 Å². The molecule has 2 rings (SSSR count). The van der Waals surface area contributed by atoms with Crippen molar-refractivity contribution >= 4 is 28.2 Å². The van der Waals surface area contributed by atoms with Crippen molar-refractivity contribution in [3.8, 4) is 0 Å². The maximum absolute atomic E-state index is 12.1. The normalized spacial score (nSPS) is 30.1. The van der Waals surface area contributed by atoms with Crippen molar-refractivity contribution in [2.24, 2.45) is 5.92 Å². The second-order valence-corrected chi connectivity index (χ2v) is 5.93. The van der Waals surface area contributed by atoms with Gasteiger partial charge >= 0.3 is 0 Å². The van der Waals surface area contributed by atoms with Crippen LogP contribution in [0.3, 0.4) is 0 Å². The van der Waals surface area contributed by atoms with Crippen molar-refractivity contribution in [3.63, 3.8) is 0 Å². The van der Waals surface area contributed by atoms with Gasteiger partial charge in [0.2, 0.25) is 0 Å². The summed E-state index contributed by atoms with van der Waals surface area (Å²) in [7, 11) is -1.18. The molecule has 3 unspecified atom stereocenters. The molecule has 0 amide bonds. The van der Waals surface area contributed by atoms with Crippen molar-refractivity contribution < 1.29 is 9.00 Å². The van der Waals surface area contributed by atoms with Crippen molar-refractivity contribution in [2.45, 2.75) is 24.0 Å². The van der Waals surface area contributed by atoms with Crippen LogP contribution in [0.4, 0.5) is 0 Å². The summed E-state index contributed by atoms with van der Waals surface area (Å²) in [5.41, 5.74) is 0.520. The van der Waals surface area contributed by atoms with Crippen LogP contribution in [-0.2, 0) is 10.8 Å². The number of halogens is 1. The molecule has 0 bridgehead atoms. The lowest BCUT2D eigenvalue weighted by molar-refractivity contribution is 0.0922. The Morgan fingerprint density at radius 2 is 2.00 bits per heavy atom. The first-order valence-electron chi connectivity index (χ1n) is 4.77. The van der Waals surface area contributed by atoms with E-state index in [1.807, 2.05) is 13.8 Å². The zero-order valence-electron chi connectivity index (χ0n) is 8.49. The van der Waals surface area contributed by atoms with E-state index in [-0.39, 0.29) is 17.0 Å². The van der Waals surface area contributed by atoms with Gasteiger partial charge in [0, 0.05) is 16.7 Å². The SMILES string of the molecule is CC1C(=O)c2cccc(Cl)c2S(=O)C1C. The molecule has 0 radical (unpaired) electrons. The predicted molar refractivity (Wildman–Crippen MR) is 60.8 cm³/mol. The second-order valence-electron chi connectivity index (χ2n) is 3.77. The van der Waals surface area contributed by atoms with Crippen molar-refractivity contribution in [3.05, 3.63) is 28.8 Å². The molecule has 0 aromatic heterocycles. The Morgan fingerprint density at radius 1 is 1.33 bits per heavy atom. The number of fused-ring (bicyclic) bond motifs is 1. The van der Waals surface area contributed by atoms with Crippen LogP contribution in [0, 0.1) is 5.92 Å². The third-order valence-corrected chi connectivity index (χ3v) is 5.24. The summed E-state index contributed by atoms with van der Waals surface area (Å²) in [5, 5.41) is 0.267. The zero-order valence-corrected chi connectivity index (χ0v) is 10.1. The summed E-state index contributed by atoms with van der Waals surface area (Å²) in [6, 6.07) is 5.09. The lowest BCUT2D eigenvalue weighted by Crippen LogP contribution is -2.33. The largest absolute Gasteiger partial charge is 0.294 e. The Morgan fingerprint density at radius 3 is 2.67 bits per heavy atom. The molecule has 0 fully saturated rings. The molecule has 0 spiro atoms. The molecular formula is C11H11ClO2S. The van der Waals surface area contributed by atoms with Gasteiger partial charge in [-0.25, -0.2) is 0 Å². The highest BCUT2D eigenvalue weighted by molar-refractivity contribution is 7.86. The van der Waals surface area contributed by atoms with E-state index in [0.717, 1.165) is 0 Å². The Labute approximate surface area is 96.1 Å². The Kier molecular flexibility index (Phi) is 2.69. The van der Waals surface area contributed by atoms with Crippen molar-refractivity contribution in [1.29, 1.82) is 0 Å². The van der Waals surface area contributed by atoms with Gasteiger partial charge in [-0.05, 0) is 13.0 Å². The van der Waals surface area contributed by atoms with E-state index in [4.69, 9.17) is 11.6 Å². The molecule has 0 N–H and O–H groups in total. The summed E-state index contributed by atoms with van der Waals surface area (Å²) in [4.78, 5) is 12.4. The molecule has 0 saturated carbocycles. The van der Waals surface area contributed by atoms with Crippen LogP contribution in [0.5, 0.6) is 0 Å². The topological polar surface area (TPSA) is 34.1 Å². The summed E-state index contributed by atoms with van der Waals surface area (Å²) in [6.45, 7) is 3.64. The van der Waals surface area contributed by atoms with Crippen LogP contribution >= 0.6 is 11.6 Å². The minimum absolute atomic E-state index is 0.0413. The highest BCUT2D eigenvalue weighted by atomic mass is 35.5. The third kappa shape index (κ3) is 1.54. The van der Waals surface area contributed by atoms with Crippen LogP contribution in [0.1, 0.15) is 24.2 Å². The van der Waals surface area contributed by atoms with E-state index < -0.39 is 10.8 Å². The summed E-state index contributed by atoms with van der Waals surface area (Å²) in [5.74, 6) is -0.156. The maximum Gasteiger partial charge on any atom is 0.168 e. The van der Waals surface area contributed by atoms with E-state index in [2.05, 4.69) is 0 Å². The lowest BCUT2D eigenvalue weighted by atomic mass is 9.96. The van der Waals surface area contributed by atoms with Gasteiger partial charge in [-0.2, -0.15) is 0 Å². The van der Waals surface area contributed by atoms with Gasteiger partial charge < -0.3 is 0 Å². The van der Waals surface area contributed by atoms with Crippen molar-refractivity contribution in [2.75, 3.05) is 0 Å². The van der Waals surface area contributed by atoms with Crippen LogP contribution in [0.2, 0.25) is 5.02 Å². The molecule has 1 heterocycles. The molecule has 0 aliphatic carbocycles. The number of hydrogen-bond donors (Lipinski definition) is 0. The number of carbonyl (C=O) groups excluding carboxylic acids is 1. The predicted octanol–water partition coefficient (Wildman–Crippen LogP) is 2.67. The lowest BCUT2D eigenvalue weighted by Gasteiger charge is -2.26. The summed E-state index contributed by atoms with van der Waals surface area (Å²) in [6.07, 6.45) is 0. The maximum atomic E-state index is 12.1. The second kappa shape index (κ2) is 3.72. The average Bonchev–Trinajstić information content (AvgIpc) is 2.23. The zero-order chi connectivity index (χ0) is 11.2. The Hall–Kier alpha value is -0.670. The molecule has 0 saturated heterocycles. The van der Waals surface area contributed by atoms with Gasteiger partial charge in [0.15, 0.2) is 5.78 Å². The van der Waals surface area contributed by atoms with E-state index in [1.54, 1.807) is 18.2 Å². The molecule has 3 atom stereocenters. The first-order chi connectivity index (χ1) is 7.04.